The third-order valence-electron chi connectivity index (χ3n) is 3.26. The summed E-state index contributed by atoms with van der Waals surface area (Å²) < 4.78 is 0. The van der Waals surface area contributed by atoms with Crippen molar-refractivity contribution in [2.75, 3.05) is 6.54 Å². The lowest BCUT2D eigenvalue weighted by atomic mass is 10.1. The first-order chi connectivity index (χ1) is 10.1. The molecule has 0 spiro atoms. The molecule has 0 aliphatic heterocycles. The van der Waals surface area contributed by atoms with Gasteiger partial charge in [-0.2, -0.15) is 0 Å². The van der Waals surface area contributed by atoms with Crippen molar-refractivity contribution in [1.29, 1.82) is 0 Å². The molecule has 3 N–H and O–H groups in total. The summed E-state index contributed by atoms with van der Waals surface area (Å²) in [5.41, 5.74) is 8.12. The van der Waals surface area contributed by atoms with Crippen LogP contribution in [-0.2, 0) is 13.0 Å². The van der Waals surface area contributed by atoms with Crippen LogP contribution in [0.4, 0.5) is 0 Å². The summed E-state index contributed by atoms with van der Waals surface area (Å²) in [7, 11) is 0. The van der Waals surface area contributed by atoms with Crippen LogP contribution in [0.15, 0.2) is 42.5 Å². The molecule has 112 valence electrons. The molecule has 1 unspecified atom stereocenters. The van der Waals surface area contributed by atoms with Gasteiger partial charge in [-0.25, -0.2) is 0 Å². The highest BCUT2D eigenvalue weighted by atomic mass is 35.5. The van der Waals surface area contributed by atoms with Gasteiger partial charge in [0.2, 0.25) is 0 Å². The molecule has 2 aromatic rings. The van der Waals surface area contributed by atoms with Crippen molar-refractivity contribution >= 4 is 34.8 Å². The Hall–Kier alpha value is -0.770. The minimum Gasteiger partial charge on any atom is -0.329 e. The van der Waals surface area contributed by atoms with E-state index < -0.39 is 0 Å². The average molecular weight is 344 g/mol. The van der Waals surface area contributed by atoms with Crippen molar-refractivity contribution in [3.63, 3.8) is 0 Å². The van der Waals surface area contributed by atoms with Gasteiger partial charge in [-0.3, -0.25) is 0 Å². The first kappa shape index (κ1) is 16.6. The fraction of sp³-hybridized carbons (Fsp3) is 0.250. The van der Waals surface area contributed by atoms with E-state index in [4.69, 9.17) is 40.5 Å². The maximum atomic E-state index is 6.01. The number of hydrogen-bond donors (Lipinski definition) is 2. The number of nitrogens with one attached hydrogen (secondary N) is 1. The summed E-state index contributed by atoms with van der Waals surface area (Å²) >= 11 is 17.8. The molecule has 2 aromatic carbocycles. The predicted octanol–water partition coefficient (Wildman–Crippen LogP) is 4.31. The number of rotatable bonds is 6. The molecule has 0 heterocycles. The van der Waals surface area contributed by atoms with E-state index in [0.29, 0.717) is 23.1 Å². The summed E-state index contributed by atoms with van der Waals surface area (Å²) in [5, 5.41) is 5.31. The van der Waals surface area contributed by atoms with Crippen LogP contribution >= 0.6 is 34.8 Å². The van der Waals surface area contributed by atoms with Crippen molar-refractivity contribution in [3.05, 3.63) is 68.7 Å². The molecule has 0 radical (unpaired) electrons. The van der Waals surface area contributed by atoms with Crippen molar-refractivity contribution in [1.82, 2.24) is 5.32 Å². The Morgan fingerprint density at radius 3 is 2.19 bits per heavy atom. The van der Waals surface area contributed by atoms with Gasteiger partial charge < -0.3 is 11.1 Å². The van der Waals surface area contributed by atoms with Gasteiger partial charge in [0.05, 0.1) is 10.0 Å². The molecular weight excluding hydrogens is 327 g/mol. The van der Waals surface area contributed by atoms with Crippen LogP contribution in [0.2, 0.25) is 15.1 Å². The highest BCUT2D eigenvalue weighted by Gasteiger charge is 2.08. The molecule has 0 fully saturated rings. The van der Waals surface area contributed by atoms with E-state index in [1.807, 2.05) is 36.4 Å². The van der Waals surface area contributed by atoms with Crippen LogP contribution in [-0.4, -0.2) is 12.6 Å². The molecule has 0 aromatic heterocycles. The van der Waals surface area contributed by atoms with Gasteiger partial charge in [-0.05, 0) is 41.8 Å². The second-order valence-electron chi connectivity index (χ2n) is 4.89. The van der Waals surface area contributed by atoms with Crippen LogP contribution in [0.25, 0.3) is 0 Å². The molecule has 0 amide bonds. The minimum atomic E-state index is 0.195. The third-order valence-corrected chi connectivity index (χ3v) is 4.25. The highest BCUT2D eigenvalue weighted by Crippen LogP contribution is 2.22. The van der Waals surface area contributed by atoms with E-state index in [1.165, 1.54) is 5.56 Å². The first-order valence-electron chi connectivity index (χ1n) is 6.70. The van der Waals surface area contributed by atoms with Gasteiger partial charge in [0.15, 0.2) is 0 Å². The lowest BCUT2D eigenvalue weighted by Gasteiger charge is -2.17. The molecule has 0 saturated heterocycles. The molecule has 21 heavy (non-hydrogen) atoms. The summed E-state index contributed by atoms with van der Waals surface area (Å²) in [6, 6.07) is 13.6. The van der Waals surface area contributed by atoms with Crippen molar-refractivity contribution in [3.8, 4) is 0 Å². The number of hydrogen-bond acceptors (Lipinski definition) is 2. The second kappa shape index (κ2) is 8.02. The normalized spacial score (nSPS) is 12.4. The van der Waals surface area contributed by atoms with Gasteiger partial charge in [0, 0.05) is 24.2 Å². The third kappa shape index (κ3) is 5.17. The molecule has 0 bridgehead atoms. The Balaban J connectivity index is 1.92. The zero-order valence-electron chi connectivity index (χ0n) is 11.5. The molecule has 5 heteroatoms. The Kier molecular flexibility index (Phi) is 6.34. The van der Waals surface area contributed by atoms with Crippen LogP contribution in [0.5, 0.6) is 0 Å². The SMILES string of the molecule is NCC(Cc1ccc(Cl)cc1)NCc1ccc(Cl)c(Cl)c1. The van der Waals surface area contributed by atoms with Gasteiger partial charge >= 0.3 is 0 Å². The van der Waals surface area contributed by atoms with Crippen LogP contribution in [0, 0.1) is 0 Å². The molecule has 0 saturated carbocycles. The first-order valence-corrected chi connectivity index (χ1v) is 7.83. The second-order valence-corrected chi connectivity index (χ2v) is 6.14. The van der Waals surface area contributed by atoms with Crippen molar-refractivity contribution < 1.29 is 0 Å². The highest BCUT2D eigenvalue weighted by molar-refractivity contribution is 6.42. The van der Waals surface area contributed by atoms with E-state index in [1.54, 1.807) is 6.07 Å². The Morgan fingerprint density at radius 1 is 0.905 bits per heavy atom. The van der Waals surface area contributed by atoms with Crippen molar-refractivity contribution in [2.24, 2.45) is 5.73 Å². The topological polar surface area (TPSA) is 38.0 Å². The molecule has 2 rings (SSSR count). The Labute approximate surface area is 140 Å². The summed E-state index contributed by atoms with van der Waals surface area (Å²) in [6.45, 7) is 1.26. The zero-order chi connectivity index (χ0) is 15.2. The lowest BCUT2D eigenvalue weighted by molar-refractivity contribution is 0.515. The number of halogens is 3. The van der Waals surface area contributed by atoms with Crippen molar-refractivity contribution in [2.45, 2.75) is 19.0 Å². The smallest absolute Gasteiger partial charge is 0.0595 e. The monoisotopic (exact) mass is 342 g/mol. The maximum absolute atomic E-state index is 6.01. The van der Waals surface area contributed by atoms with Gasteiger partial charge in [0.1, 0.15) is 0 Å². The summed E-state index contributed by atoms with van der Waals surface area (Å²) in [5.74, 6) is 0. The van der Waals surface area contributed by atoms with Crippen LogP contribution < -0.4 is 11.1 Å². The predicted molar refractivity (Wildman–Crippen MR) is 91.3 cm³/mol. The van der Waals surface area contributed by atoms with Gasteiger partial charge in [-0.15, -0.1) is 0 Å². The van der Waals surface area contributed by atoms with Gasteiger partial charge in [0.25, 0.3) is 0 Å². The molecule has 0 aliphatic carbocycles. The minimum absolute atomic E-state index is 0.195. The Bertz CT molecular complexity index is 585. The van der Waals surface area contributed by atoms with Gasteiger partial charge in [-0.1, -0.05) is 53.0 Å². The van der Waals surface area contributed by atoms with E-state index in [2.05, 4.69) is 5.32 Å². The fourth-order valence-electron chi connectivity index (χ4n) is 2.06. The largest absolute Gasteiger partial charge is 0.329 e. The van der Waals surface area contributed by atoms with Crippen LogP contribution in [0.3, 0.4) is 0 Å². The van der Waals surface area contributed by atoms with Crippen LogP contribution in [0.1, 0.15) is 11.1 Å². The zero-order valence-corrected chi connectivity index (χ0v) is 13.7. The number of nitrogens with two attached hydrogens (primary N) is 1. The molecule has 2 nitrogen and oxygen atoms in total. The molecule has 1 atom stereocenters. The van der Waals surface area contributed by atoms with E-state index in [0.717, 1.165) is 17.0 Å². The number of benzene rings is 2. The quantitative estimate of drug-likeness (QED) is 0.820. The van der Waals surface area contributed by atoms with E-state index >= 15 is 0 Å². The average Bonchev–Trinajstić information content (AvgIpc) is 2.49. The van der Waals surface area contributed by atoms with E-state index in [9.17, 15) is 0 Å². The molecule has 0 aliphatic rings. The standard InChI is InChI=1S/C16H17Cl3N2/c17-13-4-1-11(2-5-13)7-14(9-20)21-10-12-3-6-15(18)16(19)8-12/h1-6,8,14,21H,7,9-10,20H2. The molecular formula is C16H17Cl3N2. The summed E-state index contributed by atoms with van der Waals surface area (Å²) in [4.78, 5) is 0. The fourth-order valence-corrected chi connectivity index (χ4v) is 2.50. The lowest BCUT2D eigenvalue weighted by Crippen LogP contribution is -2.37. The van der Waals surface area contributed by atoms with E-state index in [-0.39, 0.29) is 6.04 Å². The Morgan fingerprint density at radius 2 is 1.57 bits per heavy atom. The summed E-state index contributed by atoms with van der Waals surface area (Å²) in [6.07, 6.45) is 0.856. The maximum Gasteiger partial charge on any atom is 0.0595 e.